The van der Waals surface area contributed by atoms with Gasteiger partial charge in [-0.3, -0.25) is 0 Å². The lowest BCUT2D eigenvalue weighted by Gasteiger charge is -2.29. The largest absolute Gasteiger partial charge is 0.0742 e. The Labute approximate surface area is 197 Å². The van der Waals surface area contributed by atoms with E-state index in [0.717, 1.165) is 0 Å². The van der Waals surface area contributed by atoms with Crippen molar-refractivity contribution >= 4 is 28.6 Å². The van der Waals surface area contributed by atoms with Crippen molar-refractivity contribution < 1.29 is 0 Å². The predicted molar refractivity (Wildman–Crippen MR) is 148 cm³/mol. The molecular weight excluding hydrogens is 403 g/mol. The Morgan fingerprint density at radius 3 is 1.19 bits per heavy atom. The van der Waals surface area contributed by atoms with E-state index in [9.17, 15) is 0 Å². The minimum absolute atomic E-state index is 1.18. The minimum Gasteiger partial charge on any atom is -0.0742 e. The lowest BCUT2D eigenvalue weighted by molar-refractivity contribution is 0.560. The molecule has 1 heteroatoms. The van der Waals surface area contributed by atoms with Crippen LogP contribution >= 0.6 is 6.89 Å². The fourth-order valence-corrected chi connectivity index (χ4v) is 8.69. The number of benzene rings is 3. The van der Waals surface area contributed by atoms with Gasteiger partial charge in [0.25, 0.3) is 0 Å². The van der Waals surface area contributed by atoms with Crippen LogP contribution in [0.2, 0.25) is 0 Å². The topological polar surface area (TPSA) is 0 Å². The van der Waals surface area contributed by atoms with Crippen LogP contribution in [0.4, 0.5) is 0 Å². The van der Waals surface area contributed by atoms with E-state index in [1.807, 2.05) is 0 Å². The third-order valence-electron chi connectivity index (χ3n) is 6.45. The average molecular weight is 445 g/mol. The zero-order valence-corrected chi connectivity index (χ0v) is 20.9. The molecule has 32 heavy (non-hydrogen) atoms. The molecule has 0 spiro atoms. The summed E-state index contributed by atoms with van der Waals surface area (Å²) in [5, 5.41) is 4.39. The Balaban J connectivity index is 1.72. The first kappa shape index (κ1) is 24.6. The molecule has 0 aliphatic rings. The normalized spacial score (nSPS) is 11.4. The van der Waals surface area contributed by atoms with E-state index in [1.165, 1.54) is 86.5 Å². The van der Waals surface area contributed by atoms with Crippen LogP contribution in [-0.2, 0) is 0 Å². The molecule has 0 bridgehead atoms. The summed E-state index contributed by atoms with van der Waals surface area (Å²) >= 11 is 0. The van der Waals surface area contributed by atoms with Crippen LogP contribution in [0.3, 0.4) is 0 Å². The molecule has 0 N–H and O–H groups in total. The summed E-state index contributed by atoms with van der Waals surface area (Å²) < 4.78 is 0. The highest BCUT2D eigenvalue weighted by atomic mass is 31.2. The monoisotopic (exact) mass is 444 g/mol. The van der Waals surface area contributed by atoms with Crippen molar-refractivity contribution in [2.24, 2.45) is 0 Å². The molecule has 0 amide bonds. The molecule has 0 aromatic heterocycles. The average Bonchev–Trinajstić information content (AvgIpc) is 2.87. The maximum atomic E-state index is 2.69. The van der Waals surface area contributed by atoms with Crippen molar-refractivity contribution in [2.45, 2.75) is 77.6 Å². The number of rotatable bonds is 14. The summed E-state index contributed by atoms with van der Waals surface area (Å²) in [6, 6.07) is 33.6. The molecular formula is C31H41P. The zero-order chi connectivity index (χ0) is 22.3. The molecule has 0 aliphatic heterocycles. The Morgan fingerprint density at radius 1 is 0.469 bits per heavy atom. The Kier molecular flexibility index (Phi) is 10.9. The van der Waals surface area contributed by atoms with Gasteiger partial charge in [0.2, 0.25) is 0 Å². The third kappa shape index (κ3) is 6.98. The van der Waals surface area contributed by atoms with E-state index < -0.39 is 6.89 Å². The summed E-state index contributed by atoms with van der Waals surface area (Å²) in [6.07, 6.45) is 15.1. The third-order valence-corrected chi connectivity index (χ3v) is 10.6. The van der Waals surface area contributed by atoms with Gasteiger partial charge in [-0.15, -0.1) is 0 Å². The van der Waals surface area contributed by atoms with Crippen molar-refractivity contribution in [3.05, 3.63) is 91.0 Å². The van der Waals surface area contributed by atoms with Gasteiger partial charge < -0.3 is 0 Å². The van der Waals surface area contributed by atoms with E-state index in [1.54, 1.807) is 0 Å². The van der Waals surface area contributed by atoms with Gasteiger partial charge >= 0.3 is 0 Å². The van der Waals surface area contributed by atoms with Gasteiger partial charge in [0.15, 0.2) is 0 Å². The molecule has 0 nitrogen and oxygen atoms in total. The first-order valence-electron chi connectivity index (χ1n) is 12.8. The summed E-state index contributed by atoms with van der Waals surface area (Å²) in [6.45, 7) is 0.538. The van der Waals surface area contributed by atoms with E-state index >= 15 is 0 Å². The molecule has 0 unspecified atom stereocenters. The van der Waals surface area contributed by atoms with Crippen molar-refractivity contribution in [2.75, 3.05) is 0 Å². The molecule has 0 fully saturated rings. The molecule has 0 saturated heterocycles. The van der Waals surface area contributed by atoms with Crippen LogP contribution in [0.15, 0.2) is 91.0 Å². The van der Waals surface area contributed by atoms with Crippen LogP contribution in [0.25, 0.3) is 0 Å². The summed E-state index contributed by atoms with van der Waals surface area (Å²) in [5.74, 6) is 2.69. The molecule has 3 rings (SSSR count). The molecule has 0 atom stereocenters. The Bertz CT molecular complexity index is 809. The second kappa shape index (κ2) is 14.2. The van der Waals surface area contributed by atoms with Gasteiger partial charge in [0, 0.05) is 0 Å². The quantitative estimate of drug-likeness (QED) is 0.174. The Morgan fingerprint density at radius 2 is 0.812 bits per heavy atom. The number of hydrogen-bond donors (Lipinski definition) is 0. The van der Waals surface area contributed by atoms with Crippen LogP contribution in [0.1, 0.15) is 77.6 Å². The van der Waals surface area contributed by atoms with E-state index in [0.29, 0.717) is 0 Å². The van der Waals surface area contributed by atoms with E-state index in [4.69, 9.17) is 0 Å². The van der Waals surface area contributed by atoms with Gasteiger partial charge in [-0.2, -0.15) is 0 Å². The summed E-state index contributed by atoms with van der Waals surface area (Å²) in [5.41, 5.74) is 0. The van der Waals surface area contributed by atoms with Crippen molar-refractivity contribution in [3.8, 4) is 0 Å². The Hall–Kier alpha value is -2.04. The van der Waals surface area contributed by atoms with Crippen molar-refractivity contribution in [3.63, 3.8) is 0 Å². The molecule has 0 aliphatic carbocycles. The van der Waals surface area contributed by atoms with Crippen molar-refractivity contribution in [1.29, 1.82) is 0 Å². The molecule has 170 valence electrons. The first-order valence-corrected chi connectivity index (χ1v) is 14.6. The minimum atomic E-state index is -1.76. The van der Waals surface area contributed by atoms with Gasteiger partial charge in [0.1, 0.15) is 0 Å². The lowest BCUT2D eigenvalue weighted by atomic mass is 10.1. The van der Waals surface area contributed by atoms with Crippen LogP contribution in [0, 0.1) is 0 Å². The van der Waals surface area contributed by atoms with Crippen molar-refractivity contribution in [1.82, 2.24) is 0 Å². The SMILES string of the molecule is CCCCCCCCCCCCC=P(c1ccccc1)(c1ccccc1)c1ccccc1. The number of unbranched alkanes of at least 4 members (excludes halogenated alkanes) is 10. The molecule has 3 aromatic carbocycles. The molecule has 0 saturated carbocycles. The summed E-state index contributed by atoms with van der Waals surface area (Å²) in [4.78, 5) is 0. The zero-order valence-electron chi connectivity index (χ0n) is 20.0. The highest BCUT2D eigenvalue weighted by Gasteiger charge is 2.24. The van der Waals surface area contributed by atoms with Gasteiger partial charge in [0.05, 0.1) is 0 Å². The fourth-order valence-electron chi connectivity index (χ4n) is 4.67. The predicted octanol–water partition coefficient (Wildman–Crippen LogP) is 8.09. The van der Waals surface area contributed by atoms with Gasteiger partial charge in [-0.25, -0.2) is 0 Å². The van der Waals surface area contributed by atoms with Crippen LogP contribution in [0.5, 0.6) is 0 Å². The van der Waals surface area contributed by atoms with E-state index in [2.05, 4.69) is 104 Å². The molecule has 0 heterocycles. The van der Waals surface area contributed by atoms with Gasteiger partial charge in [-0.1, -0.05) is 162 Å². The highest BCUT2D eigenvalue weighted by Crippen LogP contribution is 2.44. The highest BCUT2D eigenvalue weighted by molar-refractivity contribution is 7.94. The van der Waals surface area contributed by atoms with Gasteiger partial charge in [-0.05, 0) is 35.6 Å². The smallest absolute Gasteiger partial charge is 0.0163 e. The molecule has 3 aromatic rings. The maximum absolute atomic E-state index is 2.69. The second-order valence-electron chi connectivity index (χ2n) is 8.88. The van der Waals surface area contributed by atoms with Crippen LogP contribution < -0.4 is 15.9 Å². The molecule has 0 radical (unpaired) electrons. The van der Waals surface area contributed by atoms with Crippen LogP contribution in [-0.4, -0.2) is 5.80 Å². The number of hydrogen-bond acceptors (Lipinski definition) is 0. The maximum Gasteiger partial charge on any atom is -0.0163 e. The fraction of sp³-hybridized carbons (Fsp3) is 0.387. The first-order chi connectivity index (χ1) is 15.9. The van der Waals surface area contributed by atoms with E-state index in [-0.39, 0.29) is 0 Å². The lowest BCUT2D eigenvalue weighted by Crippen LogP contribution is -2.26. The second-order valence-corrected chi connectivity index (χ2v) is 12.2. The standard InChI is InChI=1S/C31H41P/c1-2-3-4-5-6-7-8-9-10-11-21-28-32(29-22-15-12-16-23-29,30-24-17-13-18-25-30)31-26-19-14-20-27-31/h12-20,22-28H,2-11,21H2,1H3. The summed E-state index contributed by atoms with van der Waals surface area (Å²) in [7, 11) is 0.